The molecule has 0 bridgehead atoms. The van der Waals surface area contributed by atoms with Crippen LogP contribution in [0, 0.1) is 0 Å². The minimum absolute atomic E-state index is 0.223. The molecule has 0 aliphatic heterocycles. The molecule has 1 rings (SSSR count). The van der Waals surface area contributed by atoms with Crippen molar-refractivity contribution >= 4 is 23.5 Å². The average molecular weight is 269 g/mol. The highest BCUT2D eigenvalue weighted by Crippen LogP contribution is 2.24. The number of rotatable bonds is 4. The third-order valence-corrected chi connectivity index (χ3v) is 3.04. The van der Waals surface area contributed by atoms with E-state index in [-0.39, 0.29) is 11.7 Å². The lowest BCUT2D eigenvalue weighted by Crippen LogP contribution is -2.25. The summed E-state index contributed by atoms with van der Waals surface area (Å²) in [5, 5.41) is 0.746. The largest absolute Gasteiger partial charge is 0.459 e. The van der Waals surface area contributed by atoms with Crippen LogP contribution in [0.15, 0.2) is 11.4 Å². The van der Waals surface area contributed by atoms with E-state index in [9.17, 15) is 4.79 Å². The Labute approximate surface area is 112 Å². The number of hydrogen-bond donors (Lipinski definition) is 1. The summed E-state index contributed by atoms with van der Waals surface area (Å²) in [7, 11) is 0. The van der Waals surface area contributed by atoms with E-state index in [0.717, 1.165) is 17.0 Å². The molecule has 2 N–H and O–H groups in total. The van der Waals surface area contributed by atoms with Crippen molar-refractivity contribution in [3.05, 3.63) is 11.9 Å². The van der Waals surface area contributed by atoms with Crippen LogP contribution in [0.25, 0.3) is 0 Å². The van der Waals surface area contributed by atoms with Crippen molar-refractivity contribution < 1.29 is 9.53 Å². The van der Waals surface area contributed by atoms with Gasteiger partial charge in [0.1, 0.15) is 22.8 Å². The Balaban J connectivity index is 2.64. The van der Waals surface area contributed by atoms with Crippen LogP contribution in [0.2, 0.25) is 0 Å². The molecule has 6 heteroatoms. The molecule has 100 valence electrons. The molecule has 0 radical (unpaired) electrons. The maximum Gasteiger partial charge on any atom is 0.316 e. The van der Waals surface area contributed by atoms with Crippen LogP contribution in [-0.4, -0.2) is 27.3 Å². The fourth-order valence-electron chi connectivity index (χ4n) is 1.36. The number of thioether (sulfide) groups is 1. The van der Waals surface area contributed by atoms with Gasteiger partial charge in [0.15, 0.2) is 0 Å². The second kappa shape index (κ2) is 6.04. The molecule has 0 saturated heterocycles. The molecule has 0 aliphatic rings. The van der Waals surface area contributed by atoms with Gasteiger partial charge in [-0.3, -0.25) is 4.79 Å². The third kappa shape index (κ3) is 4.52. The molecule has 1 heterocycles. The Bertz CT molecular complexity index is 430. The van der Waals surface area contributed by atoms with Crippen molar-refractivity contribution in [1.29, 1.82) is 0 Å². The normalized spacial score (nSPS) is 11.3. The Hall–Kier alpha value is -1.30. The van der Waals surface area contributed by atoms with Gasteiger partial charge < -0.3 is 10.5 Å². The molecule has 0 unspecified atom stereocenters. The van der Waals surface area contributed by atoms with E-state index >= 15 is 0 Å². The van der Waals surface area contributed by atoms with E-state index in [1.807, 2.05) is 27.7 Å². The monoisotopic (exact) mass is 269 g/mol. The van der Waals surface area contributed by atoms with E-state index in [2.05, 4.69) is 9.97 Å². The highest BCUT2D eigenvalue weighted by molar-refractivity contribution is 7.99. The Morgan fingerprint density at radius 1 is 1.44 bits per heavy atom. The highest BCUT2D eigenvalue weighted by atomic mass is 32.2. The lowest BCUT2D eigenvalue weighted by Gasteiger charge is -2.19. The number of aromatic nitrogens is 2. The molecule has 1 aromatic rings. The van der Waals surface area contributed by atoms with Gasteiger partial charge in [-0.05, 0) is 27.2 Å². The van der Waals surface area contributed by atoms with E-state index in [4.69, 9.17) is 10.5 Å². The minimum atomic E-state index is -0.462. The molecule has 0 spiro atoms. The number of nitrogens with two attached hydrogens (primary N) is 1. The first-order valence-electron chi connectivity index (χ1n) is 5.77. The zero-order valence-corrected chi connectivity index (χ0v) is 12.0. The summed E-state index contributed by atoms with van der Waals surface area (Å²) in [6, 6.07) is 0. The summed E-state index contributed by atoms with van der Waals surface area (Å²) in [4.78, 5) is 19.7. The van der Waals surface area contributed by atoms with Crippen molar-refractivity contribution in [2.75, 3.05) is 11.5 Å². The third-order valence-electron chi connectivity index (χ3n) is 2.04. The zero-order valence-electron chi connectivity index (χ0n) is 11.2. The smallest absolute Gasteiger partial charge is 0.316 e. The second-order valence-electron chi connectivity index (χ2n) is 4.77. The SMILES string of the molecule is CCc1c(N)ncnc1SCC(=O)OC(C)(C)C. The zero-order chi connectivity index (χ0) is 13.8. The Morgan fingerprint density at radius 2 is 2.11 bits per heavy atom. The first-order valence-corrected chi connectivity index (χ1v) is 6.76. The lowest BCUT2D eigenvalue weighted by molar-refractivity contribution is -0.151. The summed E-state index contributed by atoms with van der Waals surface area (Å²) >= 11 is 1.33. The van der Waals surface area contributed by atoms with E-state index in [1.54, 1.807) is 0 Å². The van der Waals surface area contributed by atoms with Crippen molar-refractivity contribution in [3.63, 3.8) is 0 Å². The van der Waals surface area contributed by atoms with E-state index in [1.165, 1.54) is 18.1 Å². The molecule has 0 amide bonds. The van der Waals surface area contributed by atoms with Gasteiger partial charge in [0.05, 0.1) is 5.75 Å². The standard InChI is InChI=1S/C12H19N3O2S/c1-5-8-10(13)14-7-15-11(8)18-6-9(16)17-12(2,3)4/h7H,5-6H2,1-4H3,(H2,13,14,15). The molecule has 0 fully saturated rings. The van der Waals surface area contributed by atoms with Gasteiger partial charge in [0.25, 0.3) is 0 Å². The van der Waals surface area contributed by atoms with Crippen molar-refractivity contribution in [2.24, 2.45) is 0 Å². The predicted molar refractivity (Wildman–Crippen MR) is 72.4 cm³/mol. The Kier molecular flexibility index (Phi) is 4.95. The lowest BCUT2D eigenvalue weighted by atomic mass is 10.2. The Morgan fingerprint density at radius 3 is 2.67 bits per heavy atom. The molecule has 18 heavy (non-hydrogen) atoms. The molecule has 1 aromatic heterocycles. The molecule has 0 aromatic carbocycles. The summed E-state index contributed by atoms with van der Waals surface area (Å²) in [6.45, 7) is 7.51. The minimum Gasteiger partial charge on any atom is -0.459 e. The number of anilines is 1. The predicted octanol–water partition coefficient (Wildman–Crippen LogP) is 2.06. The van der Waals surface area contributed by atoms with E-state index in [0.29, 0.717) is 5.82 Å². The quantitative estimate of drug-likeness (QED) is 0.512. The molecular weight excluding hydrogens is 250 g/mol. The van der Waals surface area contributed by atoms with Crippen LogP contribution in [0.4, 0.5) is 5.82 Å². The topological polar surface area (TPSA) is 78.1 Å². The van der Waals surface area contributed by atoms with Crippen LogP contribution in [-0.2, 0) is 16.0 Å². The molecule has 0 saturated carbocycles. The van der Waals surface area contributed by atoms with Gasteiger partial charge in [0.2, 0.25) is 0 Å². The van der Waals surface area contributed by atoms with Crippen molar-refractivity contribution in [1.82, 2.24) is 9.97 Å². The van der Waals surface area contributed by atoms with Gasteiger partial charge >= 0.3 is 5.97 Å². The molecule has 0 atom stereocenters. The van der Waals surface area contributed by atoms with Gasteiger partial charge in [-0.15, -0.1) is 0 Å². The summed E-state index contributed by atoms with van der Waals surface area (Å²) in [5.74, 6) is 0.437. The van der Waals surface area contributed by atoms with Gasteiger partial charge in [-0.1, -0.05) is 18.7 Å². The number of nitrogen functional groups attached to an aromatic ring is 1. The average Bonchev–Trinajstić information content (AvgIpc) is 2.24. The van der Waals surface area contributed by atoms with E-state index < -0.39 is 5.60 Å². The van der Waals surface area contributed by atoms with Gasteiger partial charge in [-0.25, -0.2) is 9.97 Å². The van der Waals surface area contributed by atoms with Gasteiger partial charge in [-0.2, -0.15) is 0 Å². The van der Waals surface area contributed by atoms with Crippen LogP contribution >= 0.6 is 11.8 Å². The first kappa shape index (κ1) is 14.8. The number of carbonyl (C=O) groups excluding carboxylic acids is 1. The summed E-state index contributed by atoms with van der Waals surface area (Å²) < 4.78 is 5.23. The number of hydrogen-bond acceptors (Lipinski definition) is 6. The molecule has 0 aliphatic carbocycles. The van der Waals surface area contributed by atoms with Crippen molar-refractivity contribution in [2.45, 2.75) is 44.7 Å². The maximum atomic E-state index is 11.6. The van der Waals surface area contributed by atoms with Crippen LogP contribution in [0.3, 0.4) is 0 Å². The maximum absolute atomic E-state index is 11.6. The number of nitrogens with zero attached hydrogens (tertiary/aromatic N) is 2. The molecular formula is C12H19N3O2S. The second-order valence-corrected chi connectivity index (χ2v) is 5.74. The molecule has 5 nitrogen and oxygen atoms in total. The fourth-order valence-corrected chi connectivity index (χ4v) is 2.22. The number of ether oxygens (including phenoxy) is 1. The van der Waals surface area contributed by atoms with Crippen LogP contribution in [0.5, 0.6) is 0 Å². The number of carbonyl (C=O) groups is 1. The number of esters is 1. The summed E-state index contributed by atoms with van der Waals surface area (Å²) in [6.07, 6.45) is 2.15. The van der Waals surface area contributed by atoms with Gasteiger partial charge in [0, 0.05) is 5.56 Å². The van der Waals surface area contributed by atoms with Crippen LogP contribution in [0.1, 0.15) is 33.3 Å². The highest BCUT2D eigenvalue weighted by Gasteiger charge is 2.17. The fraction of sp³-hybridized carbons (Fsp3) is 0.583. The van der Waals surface area contributed by atoms with Crippen LogP contribution < -0.4 is 5.73 Å². The first-order chi connectivity index (χ1) is 8.33. The summed E-state index contributed by atoms with van der Waals surface area (Å²) in [5.41, 5.74) is 6.18. The van der Waals surface area contributed by atoms with Crippen molar-refractivity contribution in [3.8, 4) is 0 Å².